The summed E-state index contributed by atoms with van der Waals surface area (Å²) in [4.78, 5) is 0. The standard InChI is InChI=1S/C18H18FNO/c1-18(2,3)15-5-8-17(9-6-15)21-12-14-10-16(19)7-4-13(14)11-20/h4-10H,12H2,1-3H3. The van der Waals surface area contributed by atoms with E-state index in [-0.39, 0.29) is 17.8 Å². The second-order valence-corrected chi connectivity index (χ2v) is 5.98. The maximum atomic E-state index is 13.2. The first-order chi connectivity index (χ1) is 9.90. The molecule has 3 heteroatoms. The third-order valence-electron chi connectivity index (χ3n) is 3.30. The van der Waals surface area contributed by atoms with Gasteiger partial charge in [-0.2, -0.15) is 5.26 Å². The van der Waals surface area contributed by atoms with Crippen LogP contribution in [0.2, 0.25) is 0 Å². The molecule has 2 aromatic carbocycles. The van der Waals surface area contributed by atoms with E-state index in [4.69, 9.17) is 10.00 Å². The minimum absolute atomic E-state index is 0.0923. The molecule has 0 N–H and O–H groups in total. The van der Waals surface area contributed by atoms with Crippen LogP contribution in [0.4, 0.5) is 4.39 Å². The van der Waals surface area contributed by atoms with Gasteiger partial charge in [0.2, 0.25) is 0 Å². The Labute approximate surface area is 124 Å². The Bertz CT molecular complexity index is 663. The van der Waals surface area contributed by atoms with Crippen LogP contribution in [-0.4, -0.2) is 0 Å². The molecule has 0 spiro atoms. The molecule has 0 saturated heterocycles. The zero-order chi connectivity index (χ0) is 15.5. The predicted octanol–water partition coefficient (Wildman–Crippen LogP) is 4.57. The highest BCUT2D eigenvalue weighted by atomic mass is 19.1. The molecule has 0 unspecified atom stereocenters. The van der Waals surface area contributed by atoms with Gasteiger partial charge in [-0.1, -0.05) is 32.9 Å². The van der Waals surface area contributed by atoms with E-state index in [1.54, 1.807) is 0 Å². The summed E-state index contributed by atoms with van der Waals surface area (Å²) in [5.74, 6) is 0.340. The van der Waals surface area contributed by atoms with Gasteiger partial charge in [0, 0.05) is 5.56 Å². The third-order valence-corrected chi connectivity index (χ3v) is 3.30. The topological polar surface area (TPSA) is 33.0 Å². The van der Waals surface area contributed by atoms with Crippen LogP contribution in [0.5, 0.6) is 5.75 Å². The first-order valence-corrected chi connectivity index (χ1v) is 6.82. The molecule has 108 valence electrons. The number of ether oxygens (including phenoxy) is 1. The SMILES string of the molecule is CC(C)(C)c1ccc(OCc2cc(F)ccc2C#N)cc1. The van der Waals surface area contributed by atoms with Crippen molar-refractivity contribution in [2.75, 3.05) is 0 Å². The average molecular weight is 283 g/mol. The maximum Gasteiger partial charge on any atom is 0.123 e. The first kappa shape index (κ1) is 15.1. The molecule has 0 fully saturated rings. The van der Waals surface area contributed by atoms with Crippen LogP contribution in [0, 0.1) is 17.1 Å². The Morgan fingerprint density at radius 3 is 2.33 bits per heavy atom. The highest BCUT2D eigenvalue weighted by Gasteiger charge is 2.13. The summed E-state index contributed by atoms with van der Waals surface area (Å²) in [6.45, 7) is 6.62. The molecule has 0 saturated carbocycles. The Balaban J connectivity index is 2.10. The number of hydrogen-bond acceptors (Lipinski definition) is 2. The highest BCUT2D eigenvalue weighted by molar-refractivity contribution is 5.38. The lowest BCUT2D eigenvalue weighted by atomic mass is 9.87. The monoisotopic (exact) mass is 283 g/mol. The maximum absolute atomic E-state index is 13.2. The minimum atomic E-state index is -0.365. The molecule has 0 bridgehead atoms. The van der Waals surface area contributed by atoms with Gasteiger partial charge in [-0.05, 0) is 41.3 Å². The van der Waals surface area contributed by atoms with Crippen LogP contribution in [0.1, 0.15) is 37.5 Å². The molecule has 0 aliphatic heterocycles. The number of rotatable bonds is 3. The van der Waals surface area contributed by atoms with E-state index in [9.17, 15) is 4.39 Å². The number of nitriles is 1. The van der Waals surface area contributed by atoms with E-state index in [0.29, 0.717) is 16.9 Å². The fourth-order valence-corrected chi connectivity index (χ4v) is 2.00. The molecule has 21 heavy (non-hydrogen) atoms. The fourth-order valence-electron chi connectivity index (χ4n) is 2.00. The van der Waals surface area contributed by atoms with Crippen LogP contribution in [-0.2, 0) is 12.0 Å². The Morgan fingerprint density at radius 2 is 1.76 bits per heavy atom. The van der Waals surface area contributed by atoms with Crippen molar-refractivity contribution >= 4 is 0 Å². The van der Waals surface area contributed by atoms with Crippen molar-refractivity contribution < 1.29 is 9.13 Å². The normalized spacial score (nSPS) is 11.0. The smallest absolute Gasteiger partial charge is 0.123 e. The van der Waals surface area contributed by atoms with Crippen molar-refractivity contribution in [2.45, 2.75) is 32.8 Å². The summed E-state index contributed by atoms with van der Waals surface area (Å²) in [7, 11) is 0. The molecule has 0 radical (unpaired) electrons. The van der Waals surface area contributed by atoms with E-state index in [2.05, 4.69) is 20.8 Å². The molecule has 2 aromatic rings. The van der Waals surface area contributed by atoms with E-state index in [0.717, 1.165) is 0 Å². The van der Waals surface area contributed by atoms with Crippen LogP contribution >= 0.6 is 0 Å². The van der Waals surface area contributed by atoms with E-state index < -0.39 is 0 Å². The zero-order valence-corrected chi connectivity index (χ0v) is 12.5. The largest absolute Gasteiger partial charge is 0.489 e. The number of nitrogens with zero attached hydrogens (tertiary/aromatic N) is 1. The first-order valence-electron chi connectivity index (χ1n) is 6.82. The fraction of sp³-hybridized carbons (Fsp3) is 0.278. The molecular weight excluding hydrogens is 265 g/mol. The summed E-state index contributed by atoms with van der Waals surface area (Å²) in [5, 5.41) is 9.00. The highest BCUT2D eigenvalue weighted by Crippen LogP contribution is 2.24. The summed E-state index contributed by atoms with van der Waals surface area (Å²) < 4.78 is 18.9. The zero-order valence-electron chi connectivity index (χ0n) is 12.5. The molecular formula is C18H18FNO. The van der Waals surface area contributed by atoms with E-state index in [1.165, 1.54) is 23.8 Å². The minimum Gasteiger partial charge on any atom is -0.489 e. The quantitative estimate of drug-likeness (QED) is 0.826. The molecule has 2 nitrogen and oxygen atoms in total. The molecule has 0 aliphatic carbocycles. The van der Waals surface area contributed by atoms with Crippen LogP contribution < -0.4 is 4.74 Å². The Kier molecular flexibility index (Phi) is 4.28. The van der Waals surface area contributed by atoms with Gasteiger partial charge in [-0.15, -0.1) is 0 Å². The van der Waals surface area contributed by atoms with Crippen molar-refractivity contribution in [2.24, 2.45) is 0 Å². The Morgan fingerprint density at radius 1 is 1.10 bits per heavy atom. The van der Waals surface area contributed by atoms with Crippen molar-refractivity contribution in [1.82, 2.24) is 0 Å². The molecule has 0 atom stereocenters. The second kappa shape index (κ2) is 5.97. The van der Waals surface area contributed by atoms with Crippen LogP contribution in [0.3, 0.4) is 0 Å². The van der Waals surface area contributed by atoms with Gasteiger partial charge >= 0.3 is 0 Å². The summed E-state index contributed by atoms with van der Waals surface area (Å²) in [6, 6.07) is 14.0. The average Bonchev–Trinajstić information content (AvgIpc) is 2.45. The predicted molar refractivity (Wildman–Crippen MR) is 80.6 cm³/mol. The Hall–Kier alpha value is -2.34. The second-order valence-electron chi connectivity index (χ2n) is 5.98. The van der Waals surface area contributed by atoms with Gasteiger partial charge < -0.3 is 4.74 Å². The van der Waals surface area contributed by atoms with Crippen LogP contribution in [0.15, 0.2) is 42.5 Å². The molecule has 0 aliphatic rings. The van der Waals surface area contributed by atoms with Gasteiger partial charge in [-0.3, -0.25) is 0 Å². The number of benzene rings is 2. The molecule has 0 amide bonds. The molecule has 0 aromatic heterocycles. The van der Waals surface area contributed by atoms with Gasteiger partial charge in [0.25, 0.3) is 0 Å². The van der Waals surface area contributed by atoms with Crippen LogP contribution in [0.25, 0.3) is 0 Å². The van der Waals surface area contributed by atoms with Crippen molar-refractivity contribution in [1.29, 1.82) is 5.26 Å². The van der Waals surface area contributed by atoms with E-state index in [1.807, 2.05) is 30.3 Å². The summed E-state index contributed by atoms with van der Waals surface area (Å²) in [6.07, 6.45) is 0. The summed E-state index contributed by atoms with van der Waals surface area (Å²) in [5.41, 5.74) is 2.30. The van der Waals surface area contributed by atoms with Gasteiger partial charge in [0.15, 0.2) is 0 Å². The van der Waals surface area contributed by atoms with Gasteiger partial charge in [-0.25, -0.2) is 4.39 Å². The number of hydrogen-bond donors (Lipinski definition) is 0. The summed E-state index contributed by atoms with van der Waals surface area (Å²) >= 11 is 0. The molecule has 0 heterocycles. The lowest BCUT2D eigenvalue weighted by Crippen LogP contribution is -2.10. The third kappa shape index (κ3) is 3.82. The lowest BCUT2D eigenvalue weighted by Gasteiger charge is -2.19. The van der Waals surface area contributed by atoms with Crippen molar-refractivity contribution in [3.05, 3.63) is 65.0 Å². The van der Waals surface area contributed by atoms with Crippen molar-refractivity contribution in [3.63, 3.8) is 0 Å². The van der Waals surface area contributed by atoms with E-state index >= 15 is 0 Å². The lowest BCUT2D eigenvalue weighted by molar-refractivity contribution is 0.305. The van der Waals surface area contributed by atoms with Gasteiger partial charge in [0.05, 0.1) is 11.6 Å². The van der Waals surface area contributed by atoms with Gasteiger partial charge in [0.1, 0.15) is 18.2 Å². The van der Waals surface area contributed by atoms with Crippen molar-refractivity contribution in [3.8, 4) is 11.8 Å². The number of halogens is 1. The molecule has 2 rings (SSSR count).